The number of imide groups is 1. The summed E-state index contributed by atoms with van der Waals surface area (Å²) in [5.74, 6) is -1.83. The zero-order valence-electron chi connectivity index (χ0n) is 20.6. The number of aliphatic hydroxyl groups excluding tert-OH is 3. The topological polar surface area (TPSA) is 157 Å². The van der Waals surface area contributed by atoms with Gasteiger partial charge in [-0.25, -0.2) is 0 Å². The average molecular weight is 586 g/mol. The fourth-order valence-corrected chi connectivity index (χ4v) is 6.73. The highest BCUT2D eigenvalue weighted by atomic mass is 35.5. The van der Waals surface area contributed by atoms with Crippen LogP contribution >= 0.6 is 23.2 Å². The molecule has 40 heavy (non-hydrogen) atoms. The van der Waals surface area contributed by atoms with Crippen molar-refractivity contribution in [3.63, 3.8) is 0 Å². The molecular formula is C27H21Cl2N3O8. The van der Waals surface area contributed by atoms with E-state index in [4.69, 9.17) is 32.7 Å². The number of carbonyl (C=O) groups is 2. The van der Waals surface area contributed by atoms with Gasteiger partial charge in [0.15, 0.2) is 6.23 Å². The number of aliphatic hydroxyl groups is 3. The number of nitrogens with one attached hydrogen (secondary N) is 1. The van der Waals surface area contributed by atoms with E-state index < -0.39 is 49.1 Å². The van der Waals surface area contributed by atoms with Gasteiger partial charge in [0.05, 0.1) is 49.8 Å². The van der Waals surface area contributed by atoms with Gasteiger partial charge in [-0.1, -0.05) is 47.5 Å². The first kappa shape index (κ1) is 25.7. The Kier molecular flexibility index (Phi) is 5.70. The molecule has 3 aromatic carbocycles. The molecule has 0 bridgehead atoms. The first-order valence-electron chi connectivity index (χ1n) is 12.3. The van der Waals surface area contributed by atoms with Gasteiger partial charge in [0.1, 0.15) is 24.4 Å². The lowest BCUT2D eigenvalue weighted by molar-refractivity contribution is -0.255. The van der Waals surface area contributed by atoms with Crippen LogP contribution in [0.3, 0.4) is 0 Å². The highest BCUT2D eigenvalue weighted by Crippen LogP contribution is 2.48. The van der Waals surface area contributed by atoms with E-state index in [2.05, 4.69) is 4.98 Å². The minimum atomic E-state index is -1.56. The van der Waals surface area contributed by atoms with Crippen molar-refractivity contribution in [2.24, 2.45) is 0 Å². The zero-order chi connectivity index (χ0) is 28.2. The molecule has 0 spiro atoms. The highest BCUT2D eigenvalue weighted by molar-refractivity contribution is 6.43. The maximum atomic E-state index is 13.4. The van der Waals surface area contributed by atoms with Crippen LogP contribution in [-0.2, 0) is 9.47 Å². The van der Waals surface area contributed by atoms with E-state index >= 15 is 0 Å². The summed E-state index contributed by atoms with van der Waals surface area (Å²) in [6, 6.07) is 10.0. The maximum Gasteiger partial charge on any atom is 0.286 e. The molecule has 13 heteroatoms. The number of nitrogens with zero attached hydrogens (tertiary/aromatic N) is 2. The van der Waals surface area contributed by atoms with Crippen molar-refractivity contribution in [3.05, 3.63) is 57.6 Å². The van der Waals surface area contributed by atoms with E-state index in [0.29, 0.717) is 43.2 Å². The summed E-state index contributed by atoms with van der Waals surface area (Å²) in [6.07, 6.45) is -6.40. The number of halogens is 2. The van der Waals surface area contributed by atoms with Crippen molar-refractivity contribution in [2.75, 3.05) is 13.7 Å². The number of amides is 2. The number of hydrogen-bond acceptors (Lipinski definition) is 8. The Labute approximate surface area is 234 Å². The van der Waals surface area contributed by atoms with Gasteiger partial charge < -0.3 is 34.3 Å². The third-order valence-electron chi connectivity index (χ3n) is 7.92. The Bertz CT molecular complexity index is 1910. The molecule has 1 saturated heterocycles. The SMILES string of the molecule is COC1C(CO)OC(n2c3c(Cl)cccc3c3c4c(c5c6cccc(Cl)c6[nH]c5c32)C(=O)N(O)C4=O)C(O)C1O. The third-order valence-corrected chi connectivity index (χ3v) is 8.54. The van der Waals surface area contributed by atoms with E-state index in [-0.39, 0.29) is 26.6 Å². The molecule has 2 aromatic heterocycles. The van der Waals surface area contributed by atoms with Gasteiger partial charge in [-0.15, -0.1) is 5.06 Å². The molecule has 11 nitrogen and oxygen atoms in total. The van der Waals surface area contributed by atoms with Crippen molar-refractivity contribution < 1.29 is 39.6 Å². The largest absolute Gasteiger partial charge is 0.394 e. The summed E-state index contributed by atoms with van der Waals surface area (Å²) in [4.78, 5) is 30.0. The van der Waals surface area contributed by atoms with Crippen molar-refractivity contribution >= 4 is 78.6 Å². The number of aromatic amines is 1. The Hall–Kier alpha value is -3.26. The molecule has 5 N–H and O–H groups in total. The molecule has 0 radical (unpaired) electrons. The molecular weight excluding hydrogens is 565 g/mol. The molecule has 4 heterocycles. The van der Waals surface area contributed by atoms with Crippen LogP contribution in [0.15, 0.2) is 36.4 Å². The van der Waals surface area contributed by atoms with Crippen molar-refractivity contribution in [1.82, 2.24) is 14.6 Å². The van der Waals surface area contributed by atoms with Crippen LogP contribution in [0.4, 0.5) is 0 Å². The molecule has 5 unspecified atom stereocenters. The number of hydrogen-bond donors (Lipinski definition) is 5. The monoisotopic (exact) mass is 585 g/mol. The summed E-state index contributed by atoms with van der Waals surface area (Å²) in [7, 11) is 1.33. The second-order valence-electron chi connectivity index (χ2n) is 9.87. The van der Waals surface area contributed by atoms with Crippen molar-refractivity contribution in [3.8, 4) is 0 Å². The Morgan fingerprint density at radius 2 is 1.57 bits per heavy atom. The Morgan fingerprint density at radius 1 is 0.925 bits per heavy atom. The summed E-state index contributed by atoms with van der Waals surface area (Å²) in [6.45, 7) is -0.525. The van der Waals surface area contributed by atoms with E-state index in [1.165, 1.54) is 7.11 Å². The second-order valence-corrected chi connectivity index (χ2v) is 10.7. The number of H-pyrrole nitrogens is 1. The summed E-state index contributed by atoms with van der Waals surface area (Å²) in [5, 5.41) is 45.0. The summed E-state index contributed by atoms with van der Waals surface area (Å²) >= 11 is 13.2. The lowest BCUT2D eigenvalue weighted by Crippen LogP contribution is -2.57. The molecule has 5 atom stereocenters. The second kappa shape index (κ2) is 8.87. The zero-order valence-corrected chi connectivity index (χ0v) is 22.1. The molecule has 0 saturated carbocycles. The van der Waals surface area contributed by atoms with E-state index in [0.717, 1.165) is 0 Å². The van der Waals surface area contributed by atoms with Gasteiger partial charge >= 0.3 is 0 Å². The molecule has 2 aliphatic rings. The lowest BCUT2D eigenvalue weighted by Gasteiger charge is -2.42. The number of fused-ring (bicyclic) bond motifs is 10. The van der Waals surface area contributed by atoms with Crippen LogP contribution < -0.4 is 0 Å². The van der Waals surface area contributed by atoms with Gasteiger partial charge in [0.2, 0.25) is 0 Å². The number of ether oxygens (including phenoxy) is 2. The minimum Gasteiger partial charge on any atom is -0.394 e. The number of benzene rings is 3. The maximum absolute atomic E-state index is 13.4. The Balaban J connectivity index is 1.72. The number of rotatable bonds is 3. The van der Waals surface area contributed by atoms with Crippen molar-refractivity contribution in [2.45, 2.75) is 30.6 Å². The predicted octanol–water partition coefficient (Wildman–Crippen LogP) is 3.35. The summed E-state index contributed by atoms with van der Waals surface area (Å²) < 4.78 is 13.0. The number of aromatic nitrogens is 2. The quantitative estimate of drug-likeness (QED) is 0.159. The molecule has 206 valence electrons. The normalized spacial score (nSPS) is 25.3. The minimum absolute atomic E-state index is 0.0135. The standard InChI is InChI=1S/C27H21Cl2N3O8/c1-39-24-13(8-33)40-27(23(35)22(24)34)31-20-10(5-3-7-12(20)29)15-17-16(25(36)32(38)26(17)37)14-9-4-2-6-11(28)18(9)30-19(14)21(15)31/h2-7,13,22-24,27,30,33-35,38H,8H2,1H3. The molecule has 0 aliphatic carbocycles. The predicted molar refractivity (Wildman–Crippen MR) is 145 cm³/mol. The molecule has 7 rings (SSSR count). The summed E-state index contributed by atoms with van der Waals surface area (Å²) in [5.41, 5.74) is 1.41. The number of carbonyl (C=O) groups excluding carboxylic acids is 2. The first-order valence-corrected chi connectivity index (χ1v) is 13.1. The molecule has 5 aromatic rings. The van der Waals surface area contributed by atoms with Crippen LogP contribution in [-0.4, -0.2) is 85.1 Å². The van der Waals surface area contributed by atoms with E-state index in [9.17, 15) is 30.1 Å². The fourth-order valence-electron chi connectivity index (χ4n) is 6.25. The number of para-hydroxylation sites is 2. The fraction of sp³-hybridized carbons (Fsp3) is 0.259. The van der Waals surface area contributed by atoms with Gasteiger partial charge in [0.25, 0.3) is 11.8 Å². The van der Waals surface area contributed by atoms with Crippen LogP contribution in [0.2, 0.25) is 10.0 Å². The van der Waals surface area contributed by atoms with E-state index in [1.54, 1.807) is 41.0 Å². The smallest absolute Gasteiger partial charge is 0.286 e. The number of methoxy groups -OCH3 is 1. The average Bonchev–Trinajstić information content (AvgIpc) is 3.56. The molecule has 2 aliphatic heterocycles. The van der Waals surface area contributed by atoms with Gasteiger partial charge in [-0.05, 0) is 12.1 Å². The number of hydroxylamine groups is 2. The lowest BCUT2D eigenvalue weighted by atomic mass is 9.96. The Morgan fingerprint density at radius 3 is 2.25 bits per heavy atom. The van der Waals surface area contributed by atoms with Crippen LogP contribution in [0, 0.1) is 0 Å². The molecule has 2 amide bonds. The van der Waals surface area contributed by atoms with Crippen LogP contribution in [0.25, 0.3) is 43.6 Å². The van der Waals surface area contributed by atoms with Crippen LogP contribution in [0.1, 0.15) is 26.9 Å². The van der Waals surface area contributed by atoms with Gasteiger partial charge in [-0.2, -0.15) is 0 Å². The first-order chi connectivity index (χ1) is 19.2. The van der Waals surface area contributed by atoms with Gasteiger partial charge in [0, 0.05) is 28.7 Å². The van der Waals surface area contributed by atoms with E-state index in [1.807, 2.05) is 0 Å². The third kappa shape index (κ3) is 3.11. The van der Waals surface area contributed by atoms with Crippen LogP contribution in [0.5, 0.6) is 0 Å². The van der Waals surface area contributed by atoms with Gasteiger partial charge in [-0.3, -0.25) is 14.8 Å². The van der Waals surface area contributed by atoms with Crippen molar-refractivity contribution in [1.29, 1.82) is 0 Å². The molecule has 1 fully saturated rings. The highest BCUT2D eigenvalue weighted by Gasteiger charge is 2.48.